The fourth-order valence-electron chi connectivity index (χ4n) is 11.2. The van der Waals surface area contributed by atoms with E-state index >= 15 is 0 Å². The number of fused-ring (bicyclic) bond motifs is 3. The summed E-state index contributed by atoms with van der Waals surface area (Å²) in [6.45, 7) is 19.6. The number of rotatable bonds is 18. The highest BCUT2D eigenvalue weighted by Gasteiger charge is 2.51. The van der Waals surface area contributed by atoms with Gasteiger partial charge in [-0.2, -0.15) is 0 Å². The third-order valence-corrected chi connectivity index (χ3v) is 28.2. The molecule has 0 spiro atoms. The fraction of sp³-hybridized carbons (Fsp3) is 0.438. The Morgan fingerprint density at radius 1 is 0.566 bits per heavy atom. The first-order chi connectivity index (χ1) is 25.8. The van der Waals surface area contributed by atoms with Crippen LogP contribution < -0.4 is 0 Å². The molecule has 0 saturated heterocycles. The molecule has 0 unspecified atom stereocenters. The predicted octanol–water partition coefficient (Wildman–Crippen LogP) is 14.8. The molecule has 5 heteroatoms. The molecular weight excluding hydrogens is 675 g/mol. The van der Waals surface area contributed by atoms with Crippen LogP contribution in [0.5, 0.6) is 0 Å². The summed E-state index contributed by atoms with van der Waals surface area (Å²) < 4.78 is 4.77. The Kier molecular flexibility index (Phi) is 12.7. The van der Waals surface area contributed by atoms with Crippen LogP contribution in [0.1, 0.15) is 102 Å². The van der Waals surface area contributed by atoms with Gasteiger partial charge in [0.05, 0.1) is 32.9 Å². The number of para-hydroxylation sites is 2. The van der Waals surface area contributed by atoms with Gasteiger partial charge in [-0.25, -0.2) is 4.98 Å². The van der Waals surface area contributed by atoms with Crippen molar-refractivity contribution >= 4 is 38.0 Å². The maximum Gasteiger partial charge on any atom is 0.144 e. The summed E-state index contributed by atoms with van der Waals surface area (Å²) in [5.74, 6) is 1.01. The zero-order chi connectivity index (χ0) is 37.6. The zero-order valence-electron chi connectivity index (χ0n) is 34.1. The zero-order valence-corrected chi connectivity index (χ0v) is 36.1. The molecule has 0 aliphatic heterocycles. The maximum absolute atomic E-state index is 5.05. The second kappa shape index (κ2) is 17.2. The van der Waals surface area contributed by atoms with Crippen LogP contribution in [0.2, 0.25) is 36.3 Å². The molecule has 2 aromatic heterocycles. The Labute approximate surface area is 322 Å². The van der Waals surface area contributed by atoms with Crippen LogP contribution in [0.15, 0.2) is 97.3 Å². The van der Waals surface area contributed by atoms with Crippen molar-refractivity contribution in [1.29, 1.82) is 0 Å². The van der Waals surface area contributed by atoms with Gasteiger partial charge in [0.1, 0.15) is 5.82 Å². The molecule has 0 saturated carbocycles. The topological polar surface area (TPSA) is 22.8 Å². The largest absolute Gasteiger partial charge is 0.309 e. The van der Waals surface area contributed by atoms with E-state index in [1.54, 1.807) is 5.56 Å². The molecule has 53 heavy (non-hydrogen) atoms. The Bertz CT molecular complexity index is 2020. The van der Waals surface area contributed by atoms with E-state index in [-0.39, 0.29) is 0 Å². The van der Waals surface area contributed by atoms with Crippen LogP contribution in [0.4, 0.5) is 0 Å². The number of benzene rings is 4. The quantitative estimate of drug-likeness (QED) is 0.0805. The molecule has 6 aromatic rings. The second-order valence-corrected chi connectivity index (χ2v) is 26.4. The number of aryl methyl sites for hydroxylation is 2. The Hall–Kier alpha value is -3.68. The van der Waals surface area contributed by atoms with Crippen molar-refractivity contribution in [3.05, 3.63) is 114 Å². The number of nitrogens with zero attached hydrogens (tertiary/aromatic N) is 3. The van der Waals surface area contributed by atoms with Gasteiger partial charge in [-0.15, -0.1) is 0 Å². The standard InChI is InChI=1S/C48H65N3Si2/c1-9-28-52(29-10-2,30-11-3)48(53(31-12-4,32-13-5)33-14-6)40-34-37(7)46(38(8)35-40)50-27-26-49-47(50)39-24-25-45-43(36-39)42-22-18-19-23-44(42)51(45)41-20-16-15-17-21-41/h15-27,34-36,48H,9-14,28-33H2,1-8H3. The number of imidazole rings is 1. The van der Waals surface area contributed by atoms with Gasteiger partial charge in [-0.3, -0.25) is 4.57 Å². The first-order valence-corrected chi connectivity index (χ1v) is 26.4. The van der Waals surface area contributed by atoms with Crippen LogP contribution in [0.3, 0.4) is 0 Å². The second-order valence-electron chi connectivity index (χ2n) is 16.2. The Morgan fingerprint density at radius 2 is 1.08 bits per heavy atom. The molecule has 0 amide bonds. The molecule has 0 atom stereocenters. The molecule has 3 nitrogen and oxygen atoms in total. The van der Waals surface area contributed by atoms with E-state index in [2.05, 4.69) is 156 Å². The monoisotopic (exact) mass is 739 g/mol. The summed E-state index contributed by atoms with van der Waals surface area (Å²) in [7, 11) is -3.27. The molecule has 2 heterocycles. The number of hydrogen-bond donors (Lipinski definition) is 0. The van der Waals surface area contributed by atoms with Crippen molar-refractivity contribution < 1.29 is 0 Å². The van der Waals surface area contributed by atoms with E-state index in [0.717, 1.165) is 16.6 Å². The SMILES string of the molecule is CCC[Si](CCC)(CCC)C(c1cc(C)c(-n2ccnc2-c2ccc3c(c2)c2ccccc2n3-c2ccccc2)c(C)c1)[Si](CCC)(CCC)CCC. The molecule has 0 N–H and O–H groups in total. The van der Waals surface area contributed by atoms with Gasteiger partial charge in [-0.05, 0) is 72.1 Å². The van der Waals surface area contributed by atoms with Crippen LogP contribution in [0, 0.1) is 13.8 Å². The van der Waals surface area contributed by atoms with Gasteiger partial charge in [0.2, 0.25) is 0 Å². The summed E-state index contributed by atoms with van der Waals surface area (Å²) in [4.78, 5) is 5.05. The van der Waals surface area contributed by atoms with Crippen molar-refractivity contribution in [2.75, 3.05) is 0 Å². The van der Waals surface area contributed by atoms with Crippen molar-refractivity contribution in [2.24, 2.45) is 0 Å². The van der Waals surface area contributed by atoms with Crippen molar-refractivity contribution in [3.63, 3.8) is 0 Å². The summed E-state index contributed by atoms with van der Waals surface area (Å²) in [5, 5.41) is 3.36. The lowest BCUT2D eigenvalue weighted by molar-refractivity contribution is 0.843. The van der Waals surface area contributed by atoms with E-state index in [9.17, 15) is 0 Å². The summed E-state index contributed by atoms with van der Waals surface area (Å²) >= 11 is 0. The van der Waals surface area contributed by atoms with E-state index in [0.29, 0.717) is 0 Å². The van der Waals surface area contributed by atoms with Gasteiger partial charge in [0.15, 0.2) is 0 Å². The van der Waals surface area contributed by atoms with Gasteiger partial charge >= 0.3 is 0 Å². The molecule has 280 valence electrons. The third kappa shape index (κ3) is 7.41. The van der Waals surface area contributed by atoms with Gasteiger partial charge in [0.25, 0.3) is 0 Å². The van der Waals surface area contributed by atoms with E-state index in [1.807, 2.05) is 6.20 Å². The minimum atomic E-state index is -1.64. The van der Waals surface area contributed by atoms with Crippen LogP contribution in [0.25, 0.3) is 44.6 Å². The molecule has 4 aromatic carbocycles. The Morgan fingerprint density at radius 3 is 1.62 bits per heavy atom. The molecule has 0 aliphatic rings. The van der Waals surface area contributed by atoms with Crippen LogP contribution in [-0.4, -0.2) is 30.3 Å². The minimum Gasteiger partial charge on any atom is -0.309 e. The summed E-state index contributed by atoms with van der Waals surface area (Å²) in [6.07, 6.45) is 12.2. The Balaban J connectivity index is 1.51. The van der Waals surface area contributed by atoms with Crippen LogP contribution in [-0.2, 0) is 0 Å². The first-order valence-electron chi connectivity index (χ1n) is 21.1. The summed E-state index contributed by atoms with van der Waals surface area (Å²) in [6, 6.07) is 40.7. The van der Waals surface area contributed by atoms with Crippen molar-refractivity contribution in [1.82, 2.24) is 14.1 Å². The molecule has 6 rings (SSSR count). The average Bonchev–Trinajstić information content (AvgIpc) is 3.75. The molecule has 0 fully saturated rings. The highest BCUT2D eigenvalue weighted by atomic mass is 28.4. The highest BCUT2D eigenvalue weighted by Crippen LogP contribution is 2.51. The van der Waals surface area contributed by atoms with Gasteiger partial charge < -0.3 is 4.57 Å². The maximum atomic E-state index is 5.05. The number of aromatic nitrogens is 3. The predicted molar refractivity (Wildman–Crippen MR) is 238 cm³/mol. The highest BCUT2D eigenvalue weighted by molar-refractivity contribution is 6.99. The minimum absolute atomic E-state index is 0.827. The van der Waals surface area contributed by atoms with Crippen molar-refractivity contribution in [3.8, 4) is 22.8 Å². The normalized spacial score (nSPS) is 12.5. The average molecular weight is 740 g/mol. The fourth-order valence-corrected chi connectivity index (χ4v) is 29.9. The molecule has 0 aliphatic carbocycles. The smallest absolute Gasteiger partial charge is 0.144 e. The van der Waals surface area contributed by atoms with E-state index in [4.69, 9.17) is 4.98 Å². The van der Waals surface area contributed by atoms with E-state index < -0.39 is 16.1 Å². The molecule has 0 radical (unpaired) electrons. The van der Waals surface area contributed by atoms with Crippen LogP contribution >= 0.6 is 0 Å². The number of hydrogen-bond acceptors (Lipinski definition) is 1. The first kappa shape index (κ1) is 39.0. The van der Waals surface area contributed by atoms with Gasteiger partial charge in [0, 0.05) is 34.4 Å². The van der Waals surface area contributed by atoms with Gasteiger partial charge in [-0.1, -0.05) is 165 Å². The molecular formula is C48H65N3Si2. The molecule has 0 bridgehead atoms. The lowest BCUT2D eigenvalue weighted by Gasteiger charge is -2.51. The van der Waals surface area contributed by atoms with Crippen molar-refractivity contribution in [2.45, 2.75) is 135 Å². The summed E-state index contributed by atoms with van der Waals surface area (Å²) in [5.41, 5.74) is 10.6. The van der Waals surface area contributed by atoms with E-state index in [1.165, 1.54) is 119 Å². The lowest BCUT2D eigenvalue weighted by Crippen LogP contribution is -2.56. The lowest BCUT2D eigenvalue weighted by atomic mass is 10.0. The third-order valence-electron chi connectivity index (χ3n) is 12.4.